The lowest BCUT2D eigenvalue weighted by atomic mass is 9.96. The van der Waals surface area contributed by atoms with Crippen LogP contribution in [-0.2, 0) is 17.8 Å². The first kappa shape index (κ1) is 25.0. The summed E-state index contributed by atoms with van der Waals surface area (Å²) in [6.07, 6.45) is 0.877. The molecule has 36 heavy (non-hydrogen) atoms. The molecule has 1 unspecified atom stereocenters. The second kappa shape index (κ2) is 10.2. The average molecular weight is 487 g/mol. The molecule has 0 saturated carbocycles. The van der Waals surface area contributed by atoms with Gasteiger partial charge < -0.3 is 19.5 Å². The third kappa shape index (κ3) is 4.82. The zero-order chi connectivity index (χ0) is 26.0. The van der Waals surface area contributed by atoms with E-state index in [1.807, 2.05) is 54.8 Å². The van der Waals surface area contributed by atoms with Gasteiger partial charge in [0.05, 0.1) is 25.6 Å². The molecule has 2 aromatic carbocycles. The van der Waals surface area contributed by atoms with Gasteiger partial charge in [-0.15, -0.1) is 0 Å². The fourth-order valence-corrected chi connectivity index (χ4v) is 4.52. The van der Waals surface area contributed by atoms with E-state index in [2.05, 4.69) is 11.9 Å². The number of aryl methyl sites for hydroxylation is 1. The van der Waals surface area contributed by atoms with Gasteiger partial charge in [-0.05, 0) is 42.5 Å². The maximum Gasteiger partial charge on any atom is 0.303 e. The van der Waals surface area contributed by atoms with E-state index in [1.54, 1.807) is 25.3 Å². The Labute approximate surface area is 210 Å². The van der Waals surface area contributed by atoms with Crippen LogP contribution in [0.1, 0.15) is 64.5 Å². The molecule has 186 valence electrons. The number of carbonyl (C=O) groups is 2. The van der Waals surface area contributed by atoms with Crippen LogP contribution in [0.25, 0.3) is 11.0 Å². The van der Waals surface area contributed by atoms with Crippen molar-refractivity contribution in [1.82, 2.24) is 9.55 Å². The van der Waals surface area contributed by atoms with Gasteiger partial charge in [0.15, 0.2) is 5.78 Å². The van der Waals surface area contributed by atoms with Crippen molar-refractivity contribution in [2.75, 3.05) is 7.11 Å². The summed E-state index contributed by atoms with van der Waals surface area (Å²) < 4.78 is 7.24. The predicted octanol–water partition coefficient (Wildman–Crippen LogP) is 5.48. The molecule has 1 atom stereocenters. The zero-order valence-electron chi connectivity index (χ0n) is 20.9. The molecule has 7 heteroatoms. The van der Waals surface area contributed by atoms with Gasteiger partial charge in [-0.3, -0.25) is 9.59 Å². The monoisotopic (exact) mass is 486 g/mol. The summed E-state index contributed by atoms with van der Waals surface area (Å²) in [5, 5.41) is 20.6. The van der Waals surface area contributed by atoms with Crippen LogP contribution in [0.2, 0.25) is 0 Å². The van der Waals surface area contributed by atoms with Crippen LogP contribution in [0.15, 0.2) is 54.6 Å². The van der Waals surface area contributed by atoms with Gasteiger partial charge in [-0.1, -0.05) is 50.2 Å². The second-order valence-corrected chi connectivity index (χ2v) is 9.04. The molecule has 0 amide bonds. The van der Waals surface area contributed by atoms with Crippen LogP contribution in [0, 0.1) is 6.92 Å². The number of fused-ring (bicyclic) bond motifs is 1. The predicted molar refractivity (Wildman–Crippen MR) is 138 cm³/mol. The number of ketones is 1. The van der Waals surface area contributed by atoms with Crippen LogP contribution >= 0.6 is 0 Å². The first-order valence-electron chi connectivity index (χ1n) is 11.9. The molecule has 4 aromatic rings. The van der Waals surface area contributed by atoms with Gasteiger partial charge in [0, 0.05) is 28.3 Å². The number of nitrogens with zero attached hydrogens (tertiary/aromatic N) is 2. The van der Waals surface area contributed by atoms with Gasteiger partial charge in [0.25, 0.3) is 0 Å². The molecule has 0 bridgehead atoms. The molecule has 4 rings (SSSR count). The number of methoxy groups -OCH3 is 1. The molecule has 2 heterocycles. The summed E-state index contributed by atoms with van der Waals surface area (Å²) >= 11 is 0. The molecule has 0 saturated heterocycles. The molecule has 2 N–H and O–H groups in total. The minimum Gasteiger partial charge on any atom is -0.508 e. The van der Waals surface area contributed by atoms with Crippen LogP contribution in [0.3, 0.4) is 0 Å². The number of phenolic OH excluding ortho intramolecular Hbond substituents is 1. The number of hydrogen-bond acceptors (Lipinski definition) is 5. The van der Waals surface area contributed by atoms with E-state index in [0.717, 1.165) is 23.2 Å². The van der Waals surface area contributed by atoms with Crippen molar-refractivity contribution in [3.8, 4) is 11.6 Å². The number of pyridine rings is 1. The number of phenols is 1. The Balaban J connectivity index is 1.78. The molecule has 0 spiro atoms. The minimum atomic E-state index is -0.887. The molecule has 0 fully saturated rings. The van der Waals surface area contributed by atoms with Crippen molar-refractivity contribution in [2.45, 2.75) is 46.1 Å². The number of aromatic nitrogens is 2. The Morgan fingerprint density at radius 2 is 1.81 bits per heavy atom. The van der Waals surface area contributed by atoms with Crippen LogP contribution in [0.5, 0.6) is 11.6 Å². The van der Waals surface area contributed by atoms with E-state index < -0.39 is 5.97 Å². The summed E-state index contributed by atoms with van der Waals surface area (Å²) in [6.45, 7) is 6.04. The summed E-state index contributed by atoms with van der Waals surface area (Å²) in [5.74, 6) is -0.715. The van der Waals surface area contributed by atoms with E-state index in [-0.39, 0.29) is 30.4 Å². The number of benzene rings is 2. The lowest BCUT2D eigenvalue weighted by molar-refractivity contribution is -0.137. The minimum absolute atomic E-state index is 0.0193. The van der Waals surface area contributed by atoms with Crippen molar-refractivity contribution in [1.29, 1.82) is 0 Å². The van der Waals surface area contributed by atoms with Crippen molar-refractivity contribution in [2.24, 2.45) is 0 Å². The van der Waals surface area contributed by atoms with Crippen molar-refractivity contribution in [3.63, 3.8) is 0 Å². The quantitative estimate of drug-likeness (QED) is 0.304. The normalized spacial score (nSPS) is 12.0. The largest absolute Gasteiger partial charge is 0.508 e. The van der Waals surface area contributed by atoms with Crippen molar-refractivity contribution >= 4 is 22.8 Å². The Bertz CT molecular complexity index is 1440. The SMILES string of the molecule is CCc1ccc(C(=O)c2c(C)n(Cc3ccc(C(C)CC(=O)O)cc3O)c3nc(OC)ccc23)cc1. The third-order valence-electron chi connectivity index (χ3n) is 6.69. The summed E-state index contributed by atoms with van der Waals surface area (Å²) in [5.41, 5.74) is 5.03. The number of aliphatic carboxylic acids is 1. The highest BCUT2D eigenvalue weighted by molar-refractivity contribution is 6.17. The zero-order valence-corrected chi connectivity index (χ0v) is 20.9. The lowest BCUT2D eigenvalue weighted by Gasteiger charge is -2.14. The Kier molecular flexibility index (Phi) is 7.10. The van der Waals surface area contributed by atoms with E-state index >= 15 is 0 Å². The first-order chi connectivity index (χ1) is 17.2. The van der Waals surface area contributed by atoms with Crippen molar-refractivity contribution < 1.29 is 24.5 Å². The molecule has 0 aliphatic carbocycles. The number of ether oxygens (including phenoxy) is 1. The smallest absolute Gasteiger partial charge is 0.303 e. The highest BCUT2D eigenvalue weighted by Gasteiger charge is 2.23. The Morgan fingerprint density at radius 3 is 2.42 bits per heavy atom. The molecular weight excluding hydrogens is 456 g/mol. The third-order valence-corrected chi connectivity index (χ3v) is 6.69. The topological polar surface area (TPSA) is 102 Å². The second-order valence-electron chi connectivity index (χ2n) is 9.04. The number of hydrogen-bond donors (Lipinski definition) is 2. The molecule has 0 aliphatic heterocycles. The standard InChI is InChI=1S/C29H30N2O5/c1-5-19-6-8-20(9-7-19)28(35)27-18(3)31(29-23(27)12-13-25(30-29)36-4)16-22-11-10-21(15-24(22)32)17(2)14-26(33)34/h6-13,15,17,32H,5,14,16H2,1-4H3,(H,33,34). The van der Waals surface area contributed by atoms with Crippen molar-refractivity contribution in [3.05, 3.63) is 88.1 Å². The van der Waals surface area contributed by atoms with Gasteiger partial charge in [-0.2, -0.15) is 4.98 Å². The number of carbonyl (C=O) groups excluding carboxylic acids is 1. The summed E-state index contributed by atoms with van der Waals surface area (Å²) in [7, 11) is 1.54. The van der Waals surface area contributed by atoms with Gasteiger partial charge in [0.2, 0.25) is 5.88 Å². The maximum absolute atomic E-state index is 13.6. The molecule has 0 aliphatic rings. The fraction of sp³-hybridized carbons (Fsp3) is 0.276. The highest BCUT2D eigenvalue weighted by atomic mass is 16.5. The number of aromatic hydroxyl groups is 1. The van der Waals surface area contributed by atoms with Crippen LogP contribution < -0.4 is 4.74 Å². The average Bonchev–Trinajstić information content (AvgIpc) is 3.14. The number of rotatable bonds is 9. The van der Waals surface area contributed by atoms with E-state index in [9.17, 15) is 14.7 Å². The summed E-state index contributed by atoms with van der Waals surface area (Å²) in [6, 6.07) is 16.4. The molecule has 2 aromatic heterocycles. The van der Waals surface area contributed by atoms with Gasteiger partial charge >= 0.3 is 5.97 Å². The highest BCUT2D eigenvalue weighted by Crippen LogP contribution is 2.32. The maximum atomic E-state index is 13.6. The summed E-state index contributed by atoms with van der Waals surface area (Å²) in [4.78, 5) is 29.3. The molecule has 0 radical (unpaired) electrons. The van der Waals surface area contributed by atoms with Crippen LogP contribution in [0.4, 0.5) is 0 Å². The fourth-order valence-electron chi connectivity index (χ4n) is 4.52. The van der Waals surface area contributed by atoms with E-state index in [1.165, 1.54) is 0 Å². The van der Waals surface area contributed by atoms with E-state index in [4.69, 9.17) is 9.84 Å². The Hall–Kier alpha value is -4.13. The molecule has 7 nitrogen and oxygen atoms in total. The Morgan fingerprint density at radius 1 is 1.08 bits per heavy atom. The lowest BCUT2D eigenvalue weighted by Crippen LogP contribution is -2.07. The van der Waals surface area contributed by atoms with Gasteiger partial charge in [-0.25, -0.2) is 0 Å². The van der Waals surface area contributed by atoms with Crippen LogP contribution in [-0.4, -0.2) is 38.6 Å². The molecular formula is C29H30N2O5. The number of carboxylic acids is 1. The first-order valence-corrected chi connectivity index (χ1v) is 11.9. The van der Waals surface area contributed by atoms with Gasteiger partial charge in [0.1, 0.15) is 11.4 Å². The number of carboxylic acid groups (broad SMARTS) is 1. The van der Waals surface area contributed by atoms with E-state index in [0.29, 0.717) is 33.6 Å².